The standard InChI is InChI=1S/C12H20N4O/c1-2-11-14-12(17-15-11)8-16-6-9-4-3-5-13-10(9)7-16/h9-10,13H,2-8H2,1H3/t9-,10+/m0/s1. The molecule has 17 heavy (non-hydrogen) atoms. The van der Waals surface area contributed by atoms with Crippen molar-refractivity contribution in [1.29, 1.82) is 0 Å². The van der Waals surface area contributed by atoms with Crippen LogP contribution in [0, 0.1) is 5.92 Å². The topological polar surface area (TPSA) is 54.2 Å². The van der Waals surface area contributed by atoms with E-state index in [9.17, 15) is 0 Å². The van der Waals surface area contributed by atoms with Crippen LogP contribution in [0.1, 0.15) is 31.5 Å². The van der Waals surface area contributed by atoms with Crippen LogP contribution in [0.4, 0.5) is 0 Å². The number of nitrogens with zero attached hydrogens (tertiary/aromatic N) is 3. The zero-order valence-corrected chi connectivity index (χ0v) is 10.4. The number of likely N-dealkylation sites (tertiary alicyclic amines) is 1. The van der Waals surface area contributed by atoms with Gasteiger partial charge in [0.05, 0.1) is 6.54 Å². The van der Waals surface area contributed by atoms with Gasteiger partial charge in [-0.1, -0.05) is 12.1 Å². The molecular formula is C12H20N4O. The Balaban J connectivity index is 1.59. The molecular weight excluding hydrogens is 216 g/mol. The molecule has 3 heterocycles. The van der Waals surface area contributed by atoms with Gasteiger partial charge >= 0.3 is 0 Å². The quantitative estimate of drug-likeness (QED) is 0.842. The van der Waals surface area contributed by atoms with Gasteiger partial charge in [0.15, 0.2) is 5.82 Å². The Hall–Kier alpha value is -0.940. The lowest BCUT2D eigenvalue weighted by atomic mass is 9.94. The Morgan fingerprint density at radius 3 is 3.18 bits per heavy atom. The van der Waals surface area contributed by atoms with Crippen LogP contribution in [0.3, 0.4) is 0 Å². The third-order valence-corrected chi connectivity index (χ3v) is 3.86. The summed E-state index contributed by atoms with van der Waals surface area (Å²) in [4.78, 5) is 6.80. The molecule has 2 aliphatic rings. The lowest BCUT2D eigenvalue weighted by molar-refractivity contribution is 0.258. The van der Waals surface area contributed by atoms with Crippen molar-refractivity contribution in [2.45, 2.75) is 38.8 Å². The lowest BCUT2D eigenvalue weighted by Gasteiger charge is -2.24. The molecule has 0 saturated carbocycles. The van der Waals surface area contributed by atoms with E-state index in [0.717, 1.165) is 37.1 Å². The first-order valence-electron chi connectivity index (χ1n) is 6.62. The number of nitrogens with one attached hydrogen (secondary N) is 1. The summed E-state index contributed by atoms with van der Waals surface area (Å²) in [6.45, 7) is 6.32. The number of hydrogen-bond donors (Lipinski definition) is 1. The van der Waals surface area contributed by atoms with Crippen LogP contribution < -0.4 is 5.32 Å². The second-order valence-electron chi connectivity index (χ2n) is 5.11. The van der Waals surface area contributed by atoms with Crippen LogP contribution in [0.2, 0.25) is 0 Å². The van der Waals surface area contributed by atoms with Crippen molar-refractivity contribution < 1.29 is 4.52 Å². The van der Waals surface area contributed by atoms with E-state index in [1.807, 2.05) is 6.92 Å². The highest BCUT2D eigenvalue weighted by molar-refractivity contribution is 4.94. The summed E-state index contributed by atoms with van der Waals surface area (Å²) in [5.41, 5.74) is 0. The fraction of sp³-hybridized carbons (Fsp3) is 0.833. The van der Waals surface area contributed by atoms with Crippen molar-refractivity contribution >= 4 is 0 Å². The van der Waals surface area contributed by atoms with Crippen molar-refractivity contribution in [2.75, 3.05) is 19.6 Å². The van der Waals surface area contributed by atoms with Crippen LogP contribution in [0.15, 0.2) is 4.52 Å². The van der Waals surface area contributed by atoms with Gasteiger partial charge in [-0.3, -0.25) is 4.90 Å². The maximum Gasteiger partial charge on any atom is 0.240 e. The third-order valence-electron chi connectivity index (χ3n) is 3.86. The summed E-state index contributed by atoms with van der Waals surface area (Å²) in [6, 6.07) is 0.678. The maximum atomic E-state index is 5.25. The molecule has 0 aliphatic carbocycles. The highest BCUT2D eigenvalue weighted by Crippen LogP contribution is 2.25. The number of hydrogen-bond acceptors (Lipinski definition) is 5. The molecule has 0 amide bonds. The molecule has 0 aromatic carbocycles. The van der Waals surface area contributed by atoms with E-state index < -0.39 is 0 Å². The zero-order valence-electron chi connectivity index (χ0n) is 10.4. The molecule has 2 saturated heterocycles. The summed E-state index contributed by atoms with van der Waals surface area (Å²) in [5, 5.41) is 7.54. The van der Waals surface area contributed by atoms with Crippen molar-refractivity contribution in [3.8, 4) is 0 Å². The van der Waals surface area contributed by atoms with Gasteiger partial charge in [-0.2, -0.15) is 4.98 Å². The van der Waals surface area contributed by atoms with Gasteiger partial charge in [0.25, 0.3) is 0 Å². The summed E-state index contributed by atoms with van der Waals surface area (Å²) in [6.07, 6.45) is 3.52. The molecule has 0 unspecified atom stereocenters. The summed E-state index contributed by atoms with van der Waals surface area (Å²) in [5.74, 6) is 2.40. The van der Waals surface area contributed by atoms with Crippen LogP contribution in [-0.4, -0.2) is 40.7 Å². The molecule has 0 spiro atoms. The third kappa shape index (κ3) is 2.35. The fourth-order valence-corrected chi connectivity index (χ4v) is 2.95. The minimum Gasteiger partial charge on any atom is -0.338 e. The molecule has 2 atom stereocenters. The van der Waals surface area contributed by atoms with Crippen LogP contribution in [0.5, 0.6) is 0 Å². The molecule has 2 fully saturated rings. The molecule has 1 aromatic rings. The molecule has 1 aromatic heterocycles. The van der Waals surface area contributed by atoms with Gasteiger partial charge in [-0.15, -0.1) is 0 Å². The normalized spacial score (nSPS) is 29.5. The number of aryl methyl sites for hydroxylation is 1. The second kappa shape index (κ2) is 4.74. The minimum absolute atomic E-state index is 0.678. The van der Waals surface area contributed by atoms with Gasteiger partial charge < -0.3 is 9.84 Å². The minimum atomic E-state index is 0.678. The Morgan fingerprint density at radius 2 is 2.41 bits per heavy atom. The van der Waals surface area contributed by atoms with Crippen LogP contribution in [-0.2, 0) is 13.0 Å². The highest BCUT2D eigenvalue weighted by atomic mass is 16.5. The highest BCUT2D eigenvalue weighted by Gasteiger charge is 2.34. The SMILES string of the molecule is CCc1noc(CN2C[C@@H]3CCCN[C@@H]3C2)n1. The summed E-state index contributed by atoms with van der Waals surface area (Å²) >= 11 is 0. The second-order valence-corrected chi connectivity index (χ2v) is 5.11. The Kier molecular flexibility index (Phi) is 3.11. The van der Waals surface area contributed by atoms with Gasteiger partial charge in [0, 0.05) is 25.6 Å². The van der Waals surface area contributed by atoms with E-state index in [1.54, 1.807) is 0 Å². The number of aromatic nitrogens is 2. The van der Waals surface area contributed by atoms with Crippen molar-refractivity contribution in [1.82, 2.24) is 20.4 Å². The zero-order chi connectivity index (χ0) is 11.7. The summed E-state index contributed by atoms with van der Waals surface area (Å²) in [7, 11) is 0. The average molecular weight is 236 g/mol. The number of rotatable bonds is 3. The van der Waals surface area contributed by atoms with Gasteiger partial charge in [0.2, 0.25) is 5.89 Å². The average Bonchev–Trinajstić information content (AvgIpc) is 2.94. The molecule has 94 valence electrons. The van der Waals surface area contributed by atoms with E-state index in [0.29, 0.717) is 6.04 Å². The van der Waals surface area contributed by atoms with Crippen molar-refractivity contribution in [2.24, 2.45) is 5.92 Å². The molecule has 2 aliphatic heterocycles. The first-order chi connectivity index (χ1) is 8.35. The summed E-state index contributed by atoms with van der Waals surface area (Å²) < 4.78 is 5.25. The van der Waals surface area contributed by atoms with Crippen LogP contribution in [0.25, 0.3) is 0 Å². The Labute approximate surface area is 102 Å². The molecule has 0 radical (unpaired) electrons. The first-order valence-corrected chi connectivity index (χ1v) is 6.62. The number of piperidine rings is 1. The molecule has 0 bridgehead atoms. The van der Waals surface area contributed by atoms with E-state index in [1.165, 1.54) is 25.9 Å². The molecule has 1 N–H and O–H groups in total. The largest absolute Gasteiger partial charge is 0.338 e. The van der Waals surface area contributed by atoms with Gasteiger partial charge in [-0.25, -0.2) is 0 Å². The lowest BCUT2D eigenvalue weighted by Crippen LogP contribution is -2.40. The predicted octanol–water partition coefficient (Wildman–Crippen LogP) is 0.816. The maximum absolute atomic E-state index is 5.25. The molecule has 3 rings (SSSR count). The monoisotopic (exact) mass is 236 g/mol. The molecule has 5 nitrogen and oxygen atoms in total. The van der Waals surface area contributed by atoms with Gasteiger partial charge in [-0.05, 0) is 25.3 Å². The number of fused-ring (bicyclic) bond motifs is 1. The Morgan fingerprint density at radius 1 is 1.47 bits per heavy atom. The smallest absolute Gasteiger partial charge is 0.240 e. The van der Waals surface area contributed by atoms with Gasteiger partial charge in [0.1, 0.15) is 0 Å². The Bertz CT molecular complexity index is 364. The van der Waals surface area contributed by atoms with Crippen molar-refractivity contribution in [3.63, 3.8) is 0 Å². The predicted molar refractivity (Wildman–Crippen MR) is 63.5 cm³/mol. The van der Waals surface area contributed by atoms with Crippen molar-refractivity contribution in [3.05, 3.63) is 11.7 Å². The van der Waals surface area contributed by atoms with E-state index >= 15 is 0 Å². The van der Waals surface area contributed by atoms with Crippen LogP contribution >= 0.6 is 0 Å². The van der Waals surface area contributed by atoms with E-state index in [4.69, 9.17) is 4.52 Å². The van der Waals surface area contributed by atoms with E-state index in [2.05, 4.69) is 20.4 Å². The fourth-order valence-electron chi connectivity index (χ4n) is 2.95. The molecule has 5 heteroatoms. The van der Waals surface area contributed by atoms with E-state index in [-0.39, 0.29) is 0 Å². The first kappa shape index (κ1) is 11.2.